The minimum absolute atomic E-state index is 0.0421. The third kappa shape index (κ3) is 3.66. The molecule has 39 heavy (non-hydrogen) atoms. The molecule has 6 N–H and O–H groups in total. The highest BCUT2D eigenvalue weighted by Crippen LogP contribution is 2.53. The largest absolute Gasteiger partial charge is 0.508 e. The Hall–Kier alpha value is -4.15. The fourth-order valence-corrected chi connectivity index (χ4v) is 6.45. The molecule has 0 bridgehead atoms. The van der Waals surface area contributed by atoms with Crippen LogP contribution in [0.5, 0.6) is 5.75 Å². The smallest absolute Gasteiger partial charge is 0.255 e. The molecule has 0 radical (unpaired) electrons. The molecule has 3 aliphatic rings. The lowest BCUT2D eigenvalue weighted by atomic mass is 9.57. The Kier molecular flexibility index (Phi) is 6.08. The predicted octanol–water partition coefficient (Wildman–Crippen LogP) is 1.70. The number of ketones is 2. The number of nitrogens with two attached hydrogens (primary N) is 1. The van der Waals surface area contributed by atoms with E-state index in [0.717, 1.165) is 16.8 Å². The SMILES string of the molecule is CN(C)c1ccc(-c2ccc(O)c3c2CC2CC4C(N(C)C)C(=O)C(C(N)=O)=C(O)C4(O)C(=O)C2=C3O)cc1. The van der Waals surface area contributed by atoms with Gasteiger partial charge in [-0.1, -0.05) is 18.2 Å². The molecular formula is C29H31N3O7. The van der Waals surface area contributed by atoms with Crippen molar-refractivity contribution in [2.24, 2.45) is 17.6 Å². The summed E-state index contributed by atoms with van der Waals surface area (Å²) < 4.78 is 0. The van der Waals surface area contributed by atoms with Gasteiger partial charge >= 0.3 is 0 Å². The summed E-state index contributed by atoms with van der Waals surface area (Å²) in [6, 6.07) is 9.81. The third-order valence-electron chi connectivity index (χ3n) is 8.30. The van der Waals surface area contributed by atoms with Gasteiger partial charge in [0.25, 0.3) is 5.91 Å². The number of hydrogen-bond donors (Lipinski definition) is 5. The predicted molar refractivity (Wildman–Crippen MR) is 144 cm³/mol. The van der Waals surface area contributed by atoms with Crippen molar-refractivity contribution in [1.29, 1.82) is 0 Å². The molecule has 0 spiro atoms. The molecule has 4 unspecified atom stereocenters. The van der Waals surface area contributed by atoms with Crippen molar-refractivity contribution in [3.63, 3.8) is 0 Å². The van der Waals surface area contributed by atoms with E-state index in [4.69, 9.17) is 5.73 Å². The normalized spacial score (nSPS) is 26.4. The van der Waals surface area contributed by atoms with Gasteiger partial charge in [-0.15, -0.1) is 0 Å². The quantitative estimate of drug-likeness (QED) is 0.368. The second kappa shape index (κ2) is 8.96. The number of fused-ring (bicyclic) bond motifs is 3. The number of aliphatic hydroxyl groups is 3. The van der Waals surface area contributed by atoms with E-state index in [1.807, 2.05) is 43.3 Å². The number of anilines is 1. The average molecular weight is 534 g/mol. The van der Waals surface area contributed by atoms with Gasteiger partial charge in [0.1, 0.15) is 22.8 Å². The minimum Gasteiger partial charge on any atom is -0.508 e. The van der Waals surface area contributed by atoms with Crippen LogP contribution < -0.4 is 10.6 Å². The van der Waals surface area contributed by atoms with E-state index in [1.54, 1.807) is 20.2 Å². The number of primary amides is 1. The van der Waals surface area contributed by atoms with Gasteiger partial charge in [0.15, 0.2) is 11.4 Å². The molecule has 4 atom stereocenters. The number of benzene rings is 2. The molecule has 0 saturated heterocycles. The number of rotatable bonds is 4. The fourth-order valence-electron chi connectivity index (χ4n) is 6.45. The van der Waals surface area contributed by atoms with E-state index in [0.29, 0.717) is 5.56 Å². The zero-order chi connectivity index (χ0) is 28.5. The Morgan fingerprint density at radius 3 is 2.21 bits per heavy atom. The van der Waals surface area contributed by atoms with Gasteiger partial charge < -0.3 is 31.1 Å². The molecule has 10 heteroatoms. The number of aromatic hydroxyl groups is 1. The molecule has 0 heterocycles. The van der Waals surface area contributed by atoms with Crippen molar-refractivity contribution in [1.82, 2.24) is 4.90 Å². The molecular weight excluding hydrogens is 502 g/mol. The van der Waals surface area contributed by atoms with E-state index < -0.39 is 58.0 Å². The van der Waals surface area contributed by atoms with Crippen molar-refractivity contribution < 1.29 is 34.8 Å². The van der Waals surface area contributed by atoms with E-state index in [-0.39, 0.29) is 29.7 Å². The number of Topliss-reactive ketones (excluding diaryl/α,β-unsaturated/α-hetero) is 2. The number of phenolic OH excluding ortho intramolecular Hbond substituents is 1. The van der Waals surface area contributed by atoms with Gasteiger partial charge in [0.2, 0.25) is 5.78 Å². The van der Waals surface area contributed by atoms with Crippen molar-refractivity contribution in [2.75, 3.05) is 33.1 Å². The first-order valence-corrected chi connectivity index (χ1v) is 12.6. The Bertz CT molecular complexity index is 1490. The van der Waals surface area contributed by atoms with E-state index in [2.05, 4.69) is 0 Å². The van der Waals surface area contributed by atoms with Gasteiger partial charge in [-0.05, 0) is 67.7 Å². The molecule has 0 aliphatic heterocycles. The van der Waals surface area contributed by atoms with Crippen LogP contribution >= 0.6 is 0 Å². The first kappa shape index (κ1) is 26.5. The van der Waals surface area contributed by atoms with Crippen LogP contribution in [0.1, 0.15) is 17.5 Å². The van der Waals surface area contributed by atoms with Crippen molar-refractivity contribution >= 4 is 28.9 Å². The molecule has 1 fully saturated rings. The summed E-state index contributed by atoms with van der Waals surface area (Å²) in [5.74, 6) is -6.66. The summed E-state index contributed by atoms with van der Waals surface area (Å²) in [6.45, 7) is 0. The molecule has 204 valence electrons. The molecule has 5 rings (SSSR count). The maximum atomic E-state index is 13.9. The van der Waals surface area contributed by atoms with Gasteiger partial charge in [0.05, 0.1) is 11.6 Å². The number of carbonyl (C=O) groups excluding carboxylic acids is 3. The average Bonchev–Trinajstić information content (AvgIpc) is 2.86. The molecule has 10 nitrogen and oxygen atoms in total. The molecule has 2 aromatic carbocycles. The number of amides is 1. The Morgan fingerprint density at radius 2 is 1.64 bits per heavy atom. The number of aliphatic hydroxyl groups excluding tert-OH is 2. The lowest BCUT2D eigenvalue weighted by Crippen LogP contribution is -2.65. The second-order valence-corrected chi connectivity index (χ2v) is 10.9. The van der Waals surface area contributed by atoms with Gasteiger partial charge in [0, 0.05) is 31.3 Å². The number of nitrogens with zero attached hydrogens (tertiary/aromatic N) is 2. The lowest BCUT2D eigenvalue weighted by Gasteiger charge is -2.50. The van der Waals surface area contributed by atoms with Crippen LogP contribution in [-0.2, 0) is 20.8 Å². The topological polar surface area (TPSA) is 165 Å². The van der Waals surface area contributed by atoms with Crippen molar-refractivity contribution in [3.05, 3.63) is 64.4 Å². The first-order chi connectivity index (χ1) is 18.3. The second-order valence-electron chi connectivity index (χ2n) is 10.9. The van der Waals surface area contributed by atoms with Crippen molar-refractivity contribution in [3.8, 4) is 16.9 Å². The standard InChI is InChI=1S/C29H31N3O7/c1-31(2)15-7-5-13(6-8-15)16-9-10-19(33)21-17(16)11-14-12-18-23(32(3)4)25(35)22(28(30)38)27(37)29(18,39)26(36)20(14)24(21)34/h5-10,14,18,23,33-34,37,39H,11-12H2,1-4H3,(H2,30,38). The van der Waals surface area contributed by atoms with Crippen LogP contribution in [0.2, 0.25) is 0 Å². The van der Waals surface area contributed by atoms with E-state index in [1.165, 1.54) is 11.0 Å². The molecule has 3 aliphatic carbocycles. The molecule has 2 aromatic rings. The first-order valence-electron chi connectivity index (χ1n) is 12.6. The Labute approximate surface area is 225 Å². The summed E-state index contributed by atoms with van der Waals surface area (Å²) >= 11 is 0. The molecule has 1 saturated carbocycles. The summed E-state index contributed by atoms with van der Waals surface area (Å²) in [5.41, 5.74) is 5.00. The van der Waals surface area contributed by atoms with Crippen LogP contribution in [0.3, 0.4) is 0 Å². The zero-order valence-electron chi connectivity index (χ0n) is 22.1. The van der Waals surface area contributed by atoms with Crippen LogP contribution in [0.4, 0.5) is 5.69 Å². The van der Waals surface area contributed by atoms with E-state index in [9.17, 15) is 34.8 Å². The van der Waals surface area contributed by atoms with Gasteiger partial charge in [-0.25, -0.2) is 0 Å². The van der Waals surface area contributed by atoms with Crippen LogP contribution in [-0.4, -0.2) is 82.6 Å². The van der Waals surface area contributed by atoms with Crippen LogP contribution in [0.25, 0.3) is 16.9 Å². The number of carbonyl (C=O) groups is 3. The lowest BCUT2D eigenvalue weighted by molar-refractivity contribution is -0.153. The fraction of sp³-hybridized carbons (Fsp3) is 0.345. The third-order valence-corrected chi connectivity index (χ3v) is 8.30. The summed E-state index contributed by atoms with van der Waals surface area (Å²) in [4.78, 5) is 42.7. The van der Waals surface area contributed by atoms with Gasteiger partial charge in [-0.2, -0.15) is 0 Å². The maximum Gasteiger partial charge on any atom is 0.255 e. The molecule has 0 aromatic heterocycles. The molecule has 1 amide bonds. The van der Waals surface area contributed by atoms with Gasteiger partial charge in [-0.3, -0.25) is 19.3 Å². The van der Waals surface area contributed by atoms with E-state index >= 15 is 0 Å². The van der Waals surface area contributed by atoms with Crippen LogP contribution in [0, 0.1) is 11.8 Å². The van der Waals surface area contributed by atoms with Crippen LogP contribution in [0.15, 0.2) is 53.3 Å². The maximum absolute atomic E-state index is 13.9. The monoisotopic (exact) mass is 533 g/mol. The zero-order valence-corrected chi connectivity index (χ0v) is 22.1. The van der Waals surface area contributed by atoms with Crippen molar-refractivity contribution in [2.45, 2.75) is 24.5 Å². The Balaban J connectivity index is 1.70. The Morgan fingerprint density at radius 1 is 1.00 bits per heavy atom. The highest BCUT2D eigenvalue weighted by atomic mass is 16.3. The number of hydrogen-bond acceptors (Lipinski definition) is 9. The highest BCUT2D eigenvalue weighted by Gasteiger charge is 2.64. The summed E-state index contributed by atoms with van der Waals surface area (Å²) in [6.07, 6.45) is 0.272. The highest BCUT2D eigenvalue weighted by molar-refractivity contribution is 6.24. The summed E-state index contributed by atoms with van der Waals surface area (Å²) in [7, 11) is 7.00. The minimum atomic E-state index is -2.65. The summed E-state index contributed by atoms with van der Waals surface area (Å²) in [5, 5.41) is 44.8. The number of likely N-dealkylation sites (N-methyl/N-ethyl adjacent to an activating group) is 1. The number of phenols is 1.